The van der Waals surface area contributed by atoms with Crippen LogP contribution in [-0.4, -0.2) is 35.4 Å². The zero-order valence-electron chi connectivity index (χ0n) is 23.4. The first kappa shape index (κ1) is 17.0. The molecule has 168 valence electrons. The molecule has 0 saturated carbocycles. The summed E-state index contributed by atoms with van der Waals surface area (Å²) in [6, 6.07) is 0. The molecule has 3 rings (SSSR count). The number of carbonyl (C=O) groups excluding carboxylic acids is 2. The molecule has 0 aromatic heterocycles. The number of esters is 2. The van der Waals surface area contributed by atoms with E-state index in [0.29, 0.717) is 19.3 Å². The Morgan fingerprint density at radius 3 is 2.83 bits per heavy atom. The van der Waals surface area contributed by atoms with Gasteiger partial charge in [0.2, 0.25) is 0 Å². The molecule has 8 atom stereocenters. The molecular weight excluding hydrogens is 380 g/mol. The Morgan fingerprint density at radius 2 is 2.17 bits per heavy atom. The van der Waals surface area contributed by atoms with Crippen molar-refractivity contribution in [3.05, 3.63) is 23.8 Å². The predicted molar refractivity (Wildman–Crippen MR) is 115 cm³/mol. The molecular formula is C25H38O5. The smallest absolute Gasteiger partial charge is 0.311 e. The van der Waals surface area contributed by atoms with Gasteiger partial charge in [0.15, 0.2) is 0 Å². The minimum Gasteiger partial charge on any atom is -0.462 e. The van der Waals surface area contributed by atoms with Crippen LogP contribution < -0.4 is 0 Å². The van der Waals surface area contributed by atoms with E-state index < -0.39 is 48.9 Å². The fourth-order valence-corrected chi connectivity index (χ4v) is 4.87. The van der Waals surface area contributed by atoms with Crippen LogP contribution in [0.5, 0.6) is 0 Å². The van der Waals surface area contributed by atoms with Crippen LogP contribution in [-0.2, 0) is 19.1 Å². The summed E-state index contributed by atoms with van der Waals surface area (Å²) in [5.41, 5.74) is -0.525. The molecule has 2 unspecified atom stereocenters. The number of aliphatic hydroxyl groups excluding tert-OH is 1. The Kier molecular flexibility index (Phi) is 5.24. The molecule has 5 nitrogen and oxygen atoms in total. The topological polar surface area (TPSA) is 72.8 Å². The van der Waals surface area contributed by atoms with E-state index in [1.807, 2.05) is 6.92 Å². The number of hydrogen-bond acceptors (Lipinski definition) is 5. The highest BCUT2D eigenvalue weighted by molar-refractivity contribution is 5.76. The van der Waals surface area contributed by atoms with E-state index in [2.05, 4.69) is 25.2 Å². The molecule has 2 aliphatic carbocycles. The van der Waals surface area contributed by atoms with Crippen molar-refractivity contribution in [3.63, 3.8) is 0 Å². The van der Waals surface area contributed by atoms with Gasteiger partial charge in [0.05, 0.1) is 17.9 Å². The maximum Gasteiger partial charge on any atom is 0.311 e. The zero-order valence-corrected chi connectivity index (χ0v) is 18.4. The van der Waals surface area contributed by atoms with Gasteiger partial charge in [0.25, 0.3) is 0 Å². The molecule has 1 fully saturated rings. The molecule has 1 N–H and O–H groups in total. The third kappa shape index (κ3) is 5.16. The summed E-state index contributed by atoms with van der Waals surface area (Å²) in [6.45, 7) is 4.76. The van der Waals surface area contributed by atoms with E-state index in [4.69, 9.17) is 16.3 Å². The highest BCUT2D eigenvalue weighted by Gasteiger charge is 2.43. The van der Waals surface area contributed by atoms with E-state index in [9.17, 15) is 14.7 Å². The summed E-state index contributed by atoms with van der Waals surface area (Å²) in [4.78, 5) is 25.2. The number of rotatable bonds is 6. The number of cyclic esters (lactones) is 1. The second-order valence-electron chi connectivity index (χ2n) is 9.42. The van der Waals surface area contributed by atoms with Crippen LogP contribution in [0.2, 0.25) is 0 Å². The van der Waals surface area contributed by atoms with Gasteiger partial charge in [0.1, 0.15) is 12.2 Å². The number of hydrogen-bond donors (Lipinski definition) is 1. The first-order chi connectivity index (χ1) is 16.1. The summed E-state index contributed by atoms with van der Waals surface area (Å²) in [7, 11) is 0. The van der Waals surface area contributed by atoms with Crippen LogP contribution in [0.4, 0.5) is 0 Å². The SMILES string of the molecule is [2H]C1([2H])C(=O)OC(CC[C@@H]2[C@@H]3C(=C[C@H](C)C[C@@H]3OC(=O)C(C)(CC)C([2H])([2H])[2H])C=C[C@@H]2C)C[C@H]1O. The molecule has 5 heteroatoms. The van der Waals surface area contributed by atoms with E-state index in [1.54, 1.807) is 6.92 Å². The van der Waals surface area contributed by atoms with Crippen LogP contribution >= 0.6 is 0 Å². The van der Waals surface area contributed by atoms with Gasteiger partial charge < -0.3 is 14.6 Å². The lowest BCUT2D eigenvalue weighted by Crippen LogP contribution is -2.43. The van der Waals surface area contributed by atoms with Gasteiger partial charge in [0, 0.05) is 19.2 Å². The predicted octanol–water partition coefficient (Wildman–Crippen LogP) is 4.59. The molecule has 1 saturated heterocycles. The maximum absolute atomic E-state index is 13.2. The Balaban J connectivity index is 1.80. The van der Waals surface area contributed by atoms with Crippen molar-refractivity contribution in [1.29, 1.82) is 0 Å². The minimum atomic E-state index is -2.48. The summed E-state index contributed by atoms with van der Waals surface area (Å²) < 4.78 is 50.3. The van der Waals surface area contributed by atoms with Crippen molar-refractivity contribution in [2.75, 3.05) is 0 Å². The summed E-state index contributed by atoms with van der Waals surface area (Å²) in [5.74, 6) is -1.51. The molecule has 3 aliphatic rings. The third-order valence-electron chi connectivity index (χ3n) is 6.88. The fourth-order valence-electron chi connectivity index (χ4n) is 4.87. The second-order valence-corrected chi connectivity index (χ2v) is 9.42. The lowest BCUT2D eigenvalue weighted by molar-refractivity contribution is -0.166. The molecule has 1 heterocycles. The Hall–Kier alpha value is -1.62. The van der Waals surface area contributed by atoms with Crippen LogP contribution in [0, 0.1) is 29.1 Å². The van der Waals surface area contributed by atoms with E-state index in [1.165, 1.54) is 6.92 Å². The number of carbonyl (C=O) groups is 2. The van der Waals surface area contributed by atoms with E-state index in [0.717, 1.165) is 5.57 Å². The zero-order chi connectivity index (χ0) is 26.3. The van der Waals surface area contributed by atoms with Crippen LogP contribution in [0.3, 0.4) is 0 Å². The van der Waals surface area contributed by atoms with Gasteiger partial charge in [-0.3, -0.25) is 9.59 Å². The van der Waals surface area contributed by atoms with Gasteiger partial charge in [-0.1, -0.05) is 39.0 Å². The molecule has 0 radical (unpaired) electrons. The molecule has 0 amide bonds. The van der Waals surface area contributed by atoms with Crippen molar-refractivity contribution >= 4 is 11.9 Å². The van der Waals surface area contributed by atoms with Crippen molar-refractivity contribution in [2.45, 2.75) is 91.3 Å². The van der Waals surface area contributed by atoms with Gasteiger partial charge in [-0.25, -0.2) is 0 Å². The van der Waals surface area contributed by atoms with Crippen molar-refractivity contribution in [3.8, 4) is 0 Å². The molecule has 0 aromatic carbocycles. The second kappa shape index (κ2) is 9.25. The number of allylic oxidation sites excluding steroid dienone is 3. The summed E-state index contributed by atoms with van der Waals surface area (Å²) >= 11 is 0. The van der Waals surface area contributed by atoms with Gasteiger partial charge in [-0.15, -0.1) is 0 Å². The average Bonchev–Trinajstić information content (AvgIpc) is 2.75. The molecule has 1 aliphatic heterocycles. The number of fused-ring (bicyclic) bond motifs is 1. The minimum absolute atomic E-state index is 0.0337. The van der Waals surface area contributed by atoms with Gasteiger partial charge >= 0.3 is 11.9 Å². The van der Waals surface area contributed by atoms with Gasteiger partial charge in [-0.2, -0.15) is 0 Å². The first-order valence-electron chi connectivity index (χ1n) is 13.6. The van der Waals surface area contributed by atoms with E-state index >= 15 is 0 Å². The lowest BCUT2D eigenvalue weighted by Gasteiger charge is -2.44. The van der Waals surface area contributed by atoms with Crippen molar-refractivity contribution < 1.29 is 31.0 Å². The molecule has 0 aromatic rings. The molecule has 0 bridgehead atoms. The monoisotopic (exact) mass is 423 g/mol. The highest BCUT2D eigenvalue weighted by atomic mass is 16.6. The third-order valence-corrected chi connectivity index (χ3v) is 6.88. The summed E-state index contributed by atoms with van der Waals surface area (Å²) in [6.07, 6.45) is 3.30. The van der Waals surface area contributed by atoms with Gasteiger partial charge in [-0.05, 0) is 62.8 Å². The Morgan fingerprint density at radius 1 is 1.40 bits per heavy atom. The standard InChI is InChI=1S/C25H38O5/c1-6-25(4,5)24(28)30-21-12-15(2)11-17-8-7-16(3)20(23(17)21)10-9-19-13-18(26)14-22(27)29-19/h7-8,11,15-16,18-21,23,26H,6,9-10,12-14H2,1-5H3/t15-,16-,18+,19?,20-,21-,23-/m0/s1/i4D3,14D2/t15-,16-,18+,19?,20-,21-,23-,25?. The Bertz CT molecular complexity index is 882. The van der Waals surface area contributed by atoms with Crippen molar-refractivity contribution in [2.24, 2.45) is 29.1 Å². The number of aliphatic hydroxyl groups is 1. The molecule has 0 spiro atoms. The highest BCUT2D eigenvalue weighted by Crippen LogP contribution is 2.45. The van der Waals surface area contributed by atoms with Crippen LogP contribution in [0.25, 0.3) is 0 Å². The van der Waals surface area contributed by atoms with Crippen LogP contribution in [0.15, 0.2) is 23.8 Å². The average molecular weight is 424 g/mol. The largest absolute Gasteiger partial charge is 0.462 e. The number of ether oxygens (including phenoxy) is 2. The fraction of sp³-hybridized carbons (Fsp3) is 0.760. The summed E-state index contributed by atoms with van der Waals surface area (Å²) in [5, 5.41) is 10.1. The quantitative estimate of drug-likeness (QED) is 0.633. The normalized spacial score (nSPS) is 42.7. The Labute approximate surface area is 187 Å². The van der Waals surface area contributed by atoms with E-state index in [-0.39, 0.29) is 36.5 Å². The maximum atomic E-state index is 13.2. The molecule has 30 heavy (non-hydrogen) atoms. The van der Waals surface area contributed by atoms with Crippen molar-refractivity contribution in [1.82, 2.24) is 0 Å². The lowest BCUT2D eigenvalue weighted by atomic mass is 9.65. The van der Waals surface area contributed by atoms with Crippen LogP contribution in [0.1, 0.15) is 79.9 Å². The first-order valence-corrected chi connectivity index (χ1v) is 11.1.